The molecule has 0 radical (unpaired) electrons. The lowest BCUT2D eigenvalue weighted by Gasteiger charge is -2.29. The summed E-state index contributed by atoms with van der Waals surface area (Å²) in [5.41, 5.74) is 0. The van der Waals surface area contributed by atoms with Crippen LogP contribution < -0.4 is 5.32 Å². The van der Waals surface area contributed by atoms with Gasteiger partial charge in [0.15, 0.2) is 0 Å². The predicted octanol–water partition coefficient (Wildman–Crippen LogP) is 2.81. The maximum absolute atomic E-state index is 9.02. The summed E-state index contributed by atoms with van der Waals surface area (Å²) in [4.78, 5) is 0. The normalized spacial score (nSPS) is 28.3. The van der Waals surface area contributed by atoms with Gasteiger partial charge in [0.2, 0.25) is 0 Å². The molecule has 0 aliphatic heterocycles. The van der Waals surface area contributed by atoms with Crippen LogP contribution in [0.2, 0.25) is 0 Å². The van der Waals surface area contributed by atoms with Gasteiger partial charge in [0.25, 0.3) is 0 Å². The minimum atomic E-state index is 0.303. The van der Waals surface area contributed by atoms with Gasteiger partial charge in [-0.15, -0.1) is 0 Å². The van der Waals surface area contributed by atoms with E-state index in [0.717, 1.165) is 24.8 Å². The second-order valence-electron chi connectivity index (χ2n) is 5.90. The Balaban J connectivity index is 2.21. The third-order valence-electron chi connectivity index (χ3n) is 4.05. The summed E-state index contributed by atoms with van der Waals surface area (Å²) in [5, 5.41) is 12.7. The van der Waals surface area contributed by atoms with Crippen molar-refractivity contribution in [1.29, 1.82) is 0 Å². The molecule has 0 heterocycles. The highest BCUT2D eigenvalue weighted by Gasteiger charge is 2.20. The summed E-state index contributed by atoms with van der Waals surface area (Å²) < 4.78 is 0. The number of hydrogen-bond donors (Lipinski definition) is 2. The number of hydrogen-bond acceptors (Lipinski definition) is 2. The van der Waals surface area contributed by atoms with E-state index in [1.807, 2.05) is 0 Å². The van der Waals surface area contributed by atoms with Crippen LogP contribution in [0.15, 0.2) is 0 Å². The first-order valence-electron chi connectivity index (χ1n) is 6.97. The van der Waals surface area contributed by atoms with Crippen LogP contribution >= 0.6 is 0 Å². The fourth-order valence-corrected chi connectivity index (χ4v) is 2.66. The van der Waals surface area contributed by atoms with E-state index in [-0.39, 0.29) is 0 Å². The molecule has 1 fully saturated rings. The Labute approximate surface area is 101 Å². The zero-order chi connectivity index (χ0) is 12.0. The largest absolute Gasteiger partial charge is 0.396 e. The van der Waals surface area contributed by atoms with E-state index in [1.165, 1.54) is 25.7 Å². The standard InChI is InChI=1S/C14H29NO/c1-11(2)14(8-9-16)15-10-13-6-4-12(3)5-7-13/h11-16H,4-10H2,1-3H3. The van der Waals surface area contributed by atoms with Crippen molar-refractivity contribution in [3.63, 3.8) is 0 Å². The first-order chi connectivity index (χ1) is 7.63. The zero-order valence-electron chi connectivity index (χ0n) is 11.2. The minimum Gasteiger partial charge on any atom is -0.396 e. The lowest BCUT2D eigenvalue weighted by atomic mass is 9.83. The van der Waals surface area contributed by atoms with Gasteiger partial charge >= 0.3 is 0 Å². The maximum Gasteiger partial charge on any atom is 0.0445 e. The molecule has 0 aromatic heterocycles. The molecule has 2 N–H and O–H groups in total. The van der Waals surface area contributed by atoms with Crippen molar-refractivity contribution in [2.24, 2.45) is 17.8 Å². The summed E-state index contributed by atoms with van der Waals surface area (Å²) >= 11 is 0. The maximum atomic E-state index is 9.02. The predicted molar refractivity (Wildman–Crippen MR) is 69.5 cm³/mol. The third kappa shape index (κ3) is 4.84. The number of nitrogens with one attached hydrogen (secondary N) is 1. The van der Waals surface area contributed by atoms with Crippen LogP contribution in [0.3, 0.4) is 0 Å². The molecular formula is C14H29NO. The molecule has 2 nitrogen and oxygen atoms in total. The Morgan fingerprint density at radius 3 is 2.31 bits per heavy atom. The van der Waals surface area contributed by atoms with E-state index >= 15 is 0 Å². The molecule has 1 rings (SSSR count). The number of aliphatic hydroxyl groups excluding tert-OH is 1. The van der Waals surface area contributed by atoms with Crippen LogP contribution in [-0.2, 0) is 0 Å². The van der Waals surface area contributed by atoms with Crippen molar-refractivity contribution in [2.45, 2.75) is 58.9 Å². The quantitative estimate of drug-likeness (QED) is 0.731. The molecule has 2 heteroatoms. The Kier molecular flexibility index (Phi) is 6.37. The Bertz CT molecular complexity index is 174. The highest BCUT2D eigenvalue weighted by Crippen LogP contribution is 2.27. The summed E-state index contributed by atoms with van der Waals surface area (Å²) in [6.07, 6.45) is 6.47. The molecule has 16 heavy (non-hydrogen) atoms. The van der Waals surface area contributed by atoms with Gasteiger partial charge in [0, 0.05) is 12.6 Å². The topological polar surface area (TPSA) is 32.3 Å². The number of rotatable bonds is 6. The van der Waals surface area contributed by atoms with Gasteiger partial charge in [-0.2, -0.15) is 0 Å². The fourth-order valence-electron chi connectivity index (χ4n) is 2.66. The average Bonchev–Trinajstić information content (AvgIpc) is 2.26. The van der Waals surface area contributed by atoms with Crippen LogP contribution in [0.1, 0.15) is 52.9 Å². The molecule has 1 atom stereocenters. The monoisotopic (exact) mass is 227 g/mol. The summed E-state index contributed by atoms with van der Waals surface area (Å²) in [7, 11) is 0. The van der Waals surface area contributed by atoms with Crippen molar-refractivity contribution >= 4 is 0 Å². The van der Waals surface area contributed by atoms with Gasteiger partial charge in [-0.1, -0.05) is 33.6 Å². The van der Waals surface area contributed by atoms with E-state index < -0.39 is 0 Å². The van der Waals surface area contributed by atoms with Crippen LogP contribution in [0.5, 0.6) is 0 Å². The van der Waals surface area contributed by atoms with Gasteiger partial charge in [0.05, 0.1) is 0 Å². The van der Waals surface area contributed by atoms with Crippen molar-refractivity contribution < 1.29 is 5.11 Å². The molecule has 0 aromatic carbocycles. The van der Waals surface area contributed by atoms with Gasteiger partial charge in [-0.25, -0.2) is 0 Å². The second kappa shape index (κ2) is 7.29. The van der Waals surface area contributed by atoms with Crippen molar-refractivity contribution in [1.82, 2.24) is 5.32 Å². The van der Waals surface area contributed by atoms with Crippen molar-refractivity contribution in [2.75, 3.05) is 13.2 Å². The highest BCUT2D eigenvalue weighted by atomic mass is 16.3. The summed E-state index contributed by atoms with van der Waals surface area (Å²) in [6, 6.07) is 0.490. The van der Waals surface area contributed by atoms with E-state index in [0.29, 0.717) is 18.6 Å². The molecule has 1 unspecified atom stereocenters. The van der Waals surface area contributed by atoms with Crippen molar-refractivity contribution in [3.05, 3.63) is 0 Å². The van der Waals surface area contributed by atoms with E-state index in [9.17, 15) is 0 Å². The zero-order valence-corrected chi connectivity index (χ0v) is 11.2. The average molecular weight is 227 g/mol. The van der Waals surface area contributed by atoms with Gasteiger partial charge in [-0.3, -0.25) is 0 Å². The SMILES string of the molecule is CC1CCC(CNC(CCO)C(C)C)CC1. The third-order valence-corrected chi connectivity index (χ3v) is 4.05. The summed E-state index contributed by atoms with van der Waals surface area (Å²) in [6.45, 7) is 8.28. The lowest BCUT2D eigenvalue weighted by molar-refractivity contribution is 0.225. The van der Waals surface area contributed by atoms with Gasteiger partial charge in [0.1, 0.15) is 0 Å². The molecule has 0 amide bonds. The second-order valence-corrected chi connectivity index (χ2v) is 5.90. The molecule has 1 aliphatic rings. The van der Waals surface area contributed by atoms with Crippen LogP contribution in [0.4, 0.5) is 0 Å². The van der Waals surface area contributed by atoms with Crippen LogP contribution in [0, 0.1) is 17.8 Å². The van der Waals surface area contributed by atoms with E-state index in [4.69, 9.17) is 5.11 Å². The van der Waals surface area contributed by atoms with Gasteiger partial charge < -0.3 is 10.4 Å². The minimum absolute atomic E-state index is 0.303. The van der Waals surface area contributed by atoms with E-state index in [2.05, 4.69) is 26.1 Å². The smallest absolute Gasteiger partial charge is 0.0445 e. The Hall–Kier alpha value is -0.0800. The molecule has 96 valence electrons. The molecular weight excluding hydrogens is 198 g/mol. The fraction of sp³-hybridized carbons (Fsp3) is 1.00. The van der Waals surface area contributed by atoms with E-state index in [1.54, 1.807) is 0 Å². The Morgan fingerprint density at radius 1 is 1.19 bits per heavy atom. The summed E-state index contributed by atoms with van der Waals surface area (Å²) in [5.74, 6) is 2.43. The lowest BCUT2D eigenvalue weighted by Crippen LogP contribution is -2.38. The Morgan fingerprint density at radius 2 is 1.81 bits per heavy atom. The molecule has 0 spiro atoms. The van der Waals surface area contributed by atoms with Crippen molar-refractivity contribution in [3.8, 4) is 0 Å². The van der Waals surface area contributed by atoms with Gasteiger partial charge in [-0.05, 0) is 43.6 Å². The van der Waals surface area contributed by atoms with Crippen LogP contribution in [-0.4, -0.2) is 24.3 Å². The molecule has 0 saturated heterocycles. The molecule has 0 aromatic rings. The first kappa shape index (κ1) is 14.0. The first-order valence-corrected chi connectivity index (χ1v) is 6.97. The number of aliphatic hydroxyl groups is 1. The highest BCUT2D eigenvalue weighted by molar-refractivity contribution is 4.76. The molecule has 0 bridgehead atoms. The molecule has 1 aliphatic carbocycles. The van der Waals surface area contributed by atoms with Crippen LogP contribution in [0.25, 0.3) is 0 Å². The molecule has 1 saturated carbocycles.